The van der Waals surface area contributed by atoms with E-state index in [1.54, 1.807) is 0 Å². The third kappa shape index (κ3) is 49.2. The fourth-order valence-electron chi connectivity index (χ4n) is 13.1. The largest absolute Gasteiger partial charge is 0.329 e. The number of nitrogens with two attached hydrogens (primary N) is 3. The van der Waals surface area contributed by atoms with Crippen molar-refractivity contribution in [2.24, 2.45) is 17.2 Å². The summed E-state index contributed by atoms with van der Waals surface area (Å²) in [7, 11) is 25.5. The molecule has 6 heterocycles. The minimum atomic E-state index is 0.681. The van der Waals surface area contributed by atoms with E-state index in [0.717, 1.165) is 228 Å². The Labute approximate surface area is 725 Å². The van der Waals surface area contributed by atoms with E-state index in [0.29, 0.717) is 39.6 Å². The molecular weight excluding hydrogens is 1500 g/mol. The van der Waals surface area contributed by atoms with Crippen LogP contribution < -0.4 is 33.2 Å². The van der Waals surface area contributed by atoms with E-state index >= 15 is 0 Å². The Kier molecular flexibility index (Phi) is 55.6. The van der Waals surface area contributed by atoms with Crippen molar-refractivity contribution in [3.63, 3.8) is 0 Å². The van der Waals surface area contributed by atoms with E-state index in [-0.39, 0.29) is 0 Å². The van der Waals surface area contributed by atoms with Gasteiger partial charge in [-0.3, -0.25) is 53.5 Å². The molecule has 3 aromatic carbocycles. The van der Waals surface area contributed by atoms with Crippen molar-refractivity contribution in [1.29, 1.82) is 0 Å². The van der Waals surface area contributed by atoms with Gasteiger partial charge in [-0.15, -0.1) is 0 Å². The number of hydrogen-bond acceptors (Lipinski definition) is 24. The third-order valence-electron chi connectivity index (χ3n) is 19.9. The molecule has 666 valence electrons. The van der Waals surface area contributed by atoms with Gasteiger partial charge in [0.1, 0.15) is 0 Å². The average molecular weight is 1660 g/mol. The number of aromatic nitrogens is 9. The van der Waals surface area contributed by atoms with Crippen molar-refractivity contribution in [1.82, 2.24) is 119 Å². The first-order valence-electron chi connectivity index (χ1n) is 43.1. The van der Waals surface area contributed by atoms with E-state index in [1.165, 1.54) is 16.7 Å². The predicted molar refractivity (Wildman–Crippen MR) is 501 cm³/mol. The molecule has 27 heteroatoms. The zero-order valence-corrected chi connectivity index (χ0v) is 77.3. The third-order valence-corrected chi connectivity index (χ3v) is 19.9. The van der Waals surface area contributed by atoms with Crippen LogP contribution in [0.25, 0.3) is 0 Å². The van der Waals surface area contributed by atoms with Gasteiger partial charge in [-0.2, -0.15) is 15.3 Å². The minimum absolute atomic E-state index is 0.681. The first-order chi connectivity index (χ1) is 57.9. The number of benzene rings is 3. The Morgan fingerprint density at radius 2 is 0.525 bits per heavy atom. The molecule has 0 radical (unpaired) electrons. The van der Waals surface area contributed by atoms with Crippen LogP contribution in [0.5, 0.6) is 0 Å². The van der Waals surface area contributed by atoms with Crippen LogP contribution in [0.4, 0.5) is 0 Å². The van der Waals surface area contributed by atoms with Crippen LogP contribution in [-0.2, 0) is 59.3 Å². The molecule has 0 unspecified atom stereocenters. The molecule has 0 bridgehead atoms. The highest BCUT2D eigenvalue weighted by atomic mass is 15.5. The summed E-state index contributed by atoms with van der Waals surface area (Å²) in [6.45, 7) is 44.4. The molecule has 0 aliphatic heterocycles. The standard InChI is InChI=1S/C30H42N4.C18H27N7.C18H18N4.C12H30N4.C9H24N4.C6H18N4/c1-31(25-28-13-7-4-8-14-28)19-22-34(23-20-32(2)26-29-15-9-5-10-16-29)24-21-33(3)27-30-17-11-6-12-18-30;1-13-7-16(4)23(19-13)10-22(11-24-17(5)8-14(2)20-24)12-25-18(6)9-15(3)21-25;1-4-10-19-16(7-1)13-22(14-17-8-2-5-11-20-17)15-18-9-3-6-12-21-18;1-13(2)7-10-16(11-8-14(3)4)12-9-15(5)6;1-10-4-7-13(8-5-11-2)9-6-12-3;7-1-4-10(5-2-8)6-3-9/h4-18H,19-27H2,1-3H3;7-9H,10-12H2,1-6H3;1-12H,13-15H2;7-12H2,1-6H3;10-12H,4-9H2,1-3H3;1-9H2. The number of nitrogens with one attached hydrogen (secondary N) is 3. The number of likely N-dealkylation sites (N-methyl/N-ethyl adjacent to an activating group) is 9. The van der Waals surface area contributed by atoms with Crippen LogP contribution in [-0.4, -0.2) is 345 Å². The van der Waals surface area contributed by atoms with E-state index in [9.17, 15) is 0 Å². The lowest BCUT2D eigenvalue weighted by atomic mass is 10.2. The molecule has 0 fully saturated rings. The summed E-state index contributed by atoms with van der Waals surface area (Å²) < 4.78 is 6.10. The van der Waals surface area contributed by atoms with Crippen LogP contribution >= 0.6 is 0 Å². The van der Waals surface area contributed by atoms with Gasteiger partial charge in [0.2, 0.25) is 0 Å². The van der Waals surface area contributed by atoms with Crippen LogP contribution in [0.3, 0.4) is 0 Å². The fourth-order valence-corrected chi connectivity index (χ4v) is 13.1. The van der Waals surface area contributed by atoms with Gasteiger partial charge in [0.25, 0.3) is 0 Å². The second-order valence-corrected chi connectivity index (χ2v) is 32.1. The summed E-state index contributed by atoms with van der Waals surface area (Å²) in [4.78, 5) is 41.7. The fraction of sp³-hybridized carbons (Fsp3) is 0.548. The monoisotopic (exact) mass is 1650 g/mol. The number of aryl methyl sites for hydroxylation is 6. The van der Waals surface area contributed by atoms with Gasteiger partial charge in [-0.1, -0.05) is 109 Å². The molecule has 0 saturated heterocycles. The van der Waals surface area contributed by atoms with Gasteiger partial charge in [0, 0.05) is 232 Å². The lowest BCUT2D eigenvalue weighted by molar-refractivity contribution is 0.103. The van der Waals surface area contributed by atoms with Gasteiger partial charge in [0.15, 0.2) is 0 Å². The van der Waals surface area contributed by atoms with Crippen molar-refractivity contribution >= 4 is 0 Å². The maximum atomic E-state index is 5.37. The van der Waals surface area contributed by atoms with Crippen molar-refractivity contribution in [2.45, 2.75) is 101 Å². The van der Waals surface area contributed by atoms with Crippen molar-refractivity contribution in [3.8, 4) is 0 Å². The molecule has 0 atom stereocenters. The van der Waals surface area contributed by atoms with Crippen molar-refractivity contribution in [3.05, 3.63) is 250 Å². The number of pyridine rings is 3. The summed E-state index contributed by atoms with van der Waals surface area (Å²) in [6.07, 6.45) is 5.49. The van der Waals surface area contributed by atoms with Gasteiger partial charge in [0.05, 0.1) is 54.2 Å². The Hall–Kier alpha value is -7.98. The molecule has 0 spiro atoms. The topological polar surface area (TPSA) is 245 Å². The summed E-state index contributed by atoms with van der Waals surface area (Å²) >= 11 is 0. The molecule has 9 aromatic rings. The SMILES string of the molecule is CN(C)CCN(CCN(C)C)CCN(C)C.CN(CCN(CCN(C)Cc1ccccc1)CCN(C)Cc1ccccc1)Cc1ccccc1.CNCCN(CCNC)CCNC.Cc1cc(C)n(CN(Cn2nc(C)cc2C)Cn2nc(C)cc2C)n1.NCCN(CCN)CCN.c1ccc(CN(Cc2ccccn2)Cc2ccccn2)nc1. The molecule has 0 amide bonds. The van der Waals surface area contributed by atoms with Crippen molar-refractivity contribution in [2.75, 3.05) is 242 Å². The number of nitrogens with zero attached hydrogens (tertiary/aromatic N) is 21. The second-order valence-electron chi connectivity index (χ2n) is 32.1. The first-order valence-corrected chi connectivity index (χ1v) is 43.1. The lowest BCUT2D eigenvalue weighted by Gasteiger charge is -2.29. The average Bonchev–Trinajstić information content (AvgIpc) is 1.69. The van der Waals surface area contributed by atoms with Crippen LogP contribution in [0.2, 0.25) is 0 Å². The summed E-state index contributed by atoms with van der Waals surface area (Å²) in [5, 5.41) is 23.3. The molecule has 0 aliphatic rings. The maximum Gasteiger partial charge on any atom is 0.0961 e. The Morgan fingerprint density at radius 3 is 0.750 bits per heavy atom. The lowest BCUT2D eigenvalue weighted by Crippen LogP contribution is -2.41. The van der Waals surface area contributed by atoms with Crippen LogP contribution in [0, 0.1) is 41.5 Å². The highest BCUT2D eigenvalue weighted by molar-refractivity contribution is 5.17. The Bertz CT molecular complexity index is 3470. The maximum absolute atomic E-state index is 5.37. The molecular formula is C93H159N27. The van der Waals surface area contributed by atoms with E-state index in [4.69, 9.17) is 17.2 Å². The van der Waals surface area contributed by atoms with Crippen molar-refractivity contribution < 1.29 is 0 Å². The molecule has 0 aliphatic carbocycles. The smallest absolute Gasteiger partial charge is 0.0961 e. The molecule has 0 saturated carbocycles. The number of hydrogen-bond donors (Lipinski definition) is 6. The van der Waals surface area contributed by atoms with Crippen LogP contribution in [0.1, 0.15) is 67.9 Å². The molecule has 6 aromatic heterocycles. The van der Waals surface area contributed by atoms with E-state index in [2.05, 4.69) is 298 Å². The zero-order valence-electron chi connectivity index (χ0n) is 77.3. The zero-order chi connectivity index (χ0) is 87.5. The molecule has 120 heavy (non-hydrogen) atoms. The predicted octanol–water partition coefficient (Wildman–Crippen LogP) is 7.54. The van der Waals surface area contributed by atoms with Crippen LogP contribution in [0.15, 0.2) is 182 Å². The molecule has 9 rings (SSSR count). The number of rotatable bonds is 51. The van der Waals surface area contributed by atoms with E-state index < -0.39 is 0 Å². The van der Waals surface area contributed by atoms with E-state index in [1.807, 2.05) is 129 Å². The molecule has 27 nitrogen and oxygen atoms in total. The van der Waals surface area contributed by atoms with Gasteiger partial charge in [-0.25, -0.2) is 4.90 Å². The van der Waals surface area contributed by atoms with Gasteiger partial charge in [-0.05, 0) is 197 Å². The summed E-state index contributed by atoms with van der Waals surface area (Å²) in [5.41, 5.74) is 30.0. The Balaban J connectivity index is 0.000000316. The summed E-state index contributed by atoms with van der Waals surface area (Å²) in [6, 6.07) is 56.6. The molecule has 9 N–H and O–H groups in total. The normalized spacial score (nSPS) is 11.5. The quantitative estimate of drug-likeness (QED) is 0.0216. The summed E-state index contributed by atoms with van der Waals surface area (Å²) in [5.74, 6) is 0. The Morgan fingerprint density at radius 1 is 0.275 bits per heavy atom. The highest BCUT2D eigenvalue weighted by Crippen LogP contribution is 2.15. The minimum Gasteiger partial charge on any atom is -0.329 e. The first kappa shape index (κ1) is 104. The van der Waals surface area contributed by atoms with Gasteiger partial charge >= 0.3 is 0 Å². The second kappa shape index (κ2) is 63.9. The van der Waals surface area contributed by atoms with Gasteiger partial charge < -0.3 is 62.6 Å². The highest BCUT2D eigenvalue weighted by Gasteiger charge is 2.17.